The van der Waals surface area contributed by atoms with Crippen molar-refractivity contribution in [1.29, 1.82) is 0 Å². The van der Waals surface area contributed by atoms with Crippen molar-refractivity contribution < 1.29 is 18.3 Å². The molecule has 1 heterocycles. The number of aromatic amines is 1. The van der Waals surface area contributed by atoms with Gasteiger partial charge in [0.25, 0.3) is 6.43 Å². The molecule has 0 atom stereocenters. The van der Waals surface area contributed by atoms with Gasteiger partial charge in [0.15, 0.2) is 0 Å². The van der Waals surface area contributed by atoms with Crippen LogP contribution in [0.25, 0.3) is 11.0 Å². The van der Waals surface area contributed by atoms with E-state index in [4.69, 9.17) is 5.11 Å². The third kappa shape index (κ3) is 2.73. The van der Waals surface area contributed by atoms with Crippen LogP contribution in [0.1, 0.15) is 0 Å². The summed E-state index contributed by atoms with van der Waals surface area (Å²) in [5, 5.41) is 8.84. The maximum Gasteiger partial charge on any atom is 0.255 e. The van der Waals surface area contributed by atoms with E-state index in [-0.39, 0.29) is 19.1 Å². The molecule has 0 aliphatic carbocycles. The minimum absolute atomic E-state index is 0.0344. The summed E-state index contributed by atoms with van der Waals surface area (Å²) in [7, 11) is 0. The molecule has 98 valence electrons. The molecule has 0 bridgehead atoms. The largest absolute Gasteiger partial charge is 0.395 e. The van der Waals surface area contributed by atoms with Crippen LogP contribution in [0.5, 0.6) is 0 Å². The Morgan fingerprint density at radius 3 is 2.83 bits per heavy atom. The second-order valence-corrected chi connectivity index (χ2v) is 3.78. The lowest BCUT2D eigenvalue weighted by Gasteiger charge is -2.19. The number of aliphatic hydroxyl groups is 1. The number of aliphatic hydroxyl groups excluding tert-OH is 1. The van der Waals surface area contributed by atoms with E-state index in [2.05, 4.69) is 9.97 Å². The number of rotatable bonds is 5. The van der Waals surface area contributed by atoms with Crippen LogP contribution in [0.3, 0.4) is 0 Å². The van der Waals surface area contributed by atoms with Crippen molar-refractivity contribution in [2.75, 3.05) is 24.6 Å². The highest BCUT2D eigenvalue weighted by molar-refractivity contribution is 5.77. The topological polar surface area (TPSA) is 52.1 Å². The minimum atomic E-state index is -2.54. The molecular weight excluding hydrogens is 247 g/mol. The predicted octanol–water partition coefficient (Wildman–Crippen LogP) is 1.77. The van der Waals surface area contributed by atoms with Crippen molar-refractivity contribution in [1.82, 2.24) is 9.97 Å². The second-order valence-electron chi connectivity index (χ2n) is 3.78. The van der Waals surface area contributed by atoms with Crippen molar-refractivity contribution in [3.8, 4) is 0 Å². The van der Waals surface area contributed by atoms with Gasteiger partial charge in [-0.05, 0) is 18.2 Å². The summed E-state index contributed by atoms with van der Waals surface area (Å²) < 4.78 is 37.8. The Morgan fingerprint density at radius 1 is 1.39 bits per heavy atom. The number of nitrogens with zero attached hydrogens (tertiary/aromatic N) is 2. The van der Waals surface area contributed by atoms with Gasteiger partial charge < -0.3 is 15.0 Å². The van der Waals surface area contributed by atoms with Crippen LogP contribution >= 0.6 is 0 Å². The van der Waals surface area contributed by atoms with Gasteiger partial charge in [0.2, 0.25) is 5.95 Å². The van der Waals surface area contributed by atoms with E-state index in [1.807, 2.05) is 0 Å². The molecule has 1 aromatic heterocycles. The Balaban J connectivity index is 2.31. The molecule has 2 rings (SSSR count). The highest BCUT2D eigenvalue weighted by Gasteiger charge is 2.16. The molecule has 0 saturated heterocycles. The van der Waals surface area contributed by atoms with Gasteiger partial charge >= 0.3 is 0 Å². The third-order valence-electron chi connectivity index (χ3n) is 2.46. The molecule has 0 saturated carbocycles. The van der Waals surface area contributed by atoms with Crippen molar-refractivity contribution >= 4 is 17.0 Å². The van der Waals surface area contributed by atoms with Crippen LogP contribution in [0.2, 0.25) is 0 Å². The van der Waals surface area contributed by atoms with E-state index in [0.717, 1.165) is 0 Å². The van der Waals surface area contributed by atoms with Gasteiger partial charge in [-0.1, -0.05) is 0 Å². The number of nitrogens with one attached hydrogen (secondary N) is 1. The average molecular weight is 259 g/mol. The first-order chi connectivity index (χ1) is 8.60. The predicted molar refractivity (Wildman–Crippen MR) is 61.4 cm³/mol. The molecule has 7 heteroatoms. The van der Waals surface area contributed by atoms with Crippen LogP contribution in [0, 0.1) is 5.82 Å². The average Bonchev–Trinajstić information content (AvgIpc) is 2.70. The third-order valence-corrected chi connectivity index (χ3v) is 2.46. The van der Waals surface area contributed by atoms with Gasteiger partial charge in [-0.25, -0.2) is 18.2 Å². The summed E-state index contributed by atoms with van der Waals surface area (Å²) in [6.07, 6.45) is -2.54. The number of anilines is 1. The number of hydrogen-bond donors (Lipinski definition) is 2. The number of H-pyrrole nitrogens is 1. The Morgan fingerprint density at radius 2 is 2.17 bits per heavy atom. The fourth-order valence-electron chi connectivity index (χ4n) is 1.69. The number of imidazole rings is 1. The first-order valence-corrected chi connectivity index (χ1v) is 5.39. The van der Waals surface area contributed by atoms with E-state index >= 15 is 0 Å². The number of fused-ring (bicyclic) bond motifs is 1. The lowest BCUT2D eigenvalue weighted by molar-refractivity contribution is 0.152. The maximum absolute atomic E-state index is 13.0. The van der Waals surface area contributed by atoms with E-state index in [9.17, 15) is 13.2 Å². The first kappa shape index (κ1) is 12.7. The van der Waals surface area contributed by atoms with Crippen molar-refractivity contribution in [3.63, 3.8) is 0 Å². The van der Waals surface area contributed by atoms with Gasteiger partial charge in [0.05, 0.1) is 24.2 Å². The monoisotopic (exact) mass is 259 g/mol. The smallest absolute Gasteiger partial charge is 0.255 e. The summed E-state index contributed by atoms with van der Waals surface area (Å²) in [6, 6.07) is 3.95. The summed E-state index contributed by atoms with van der Waals surface area (Å²) in [5.41, 5.74) is 0.922. The van der Waals surface area contributed by atoms with Gasteiger partial charge in [0.1, 0.15) is 5.82 Å². The molecule has 18 heavy (non-hydrogen) atoms. The zero-order chi connectivity index (χ0) is 13.1. The standard InChI is InChI=1S/C11H12F3N3O/c12-7-1-2-8-9(5-7)16-11(15-8)17(3-4-18)6-10(13)14/h1-2,5,10,18H,3-4,6H2,(H,15,16). The highest BCUT2D eigenvalue weighted by Crippen LogP contribution is 2.18. The molecule has 0 fully saturated rings. The quantitative estimate of drug-likeness (QED) is 0.860. The molecule has 2 aromatic rings. The van der Waals surface area contributed by atoms with Crippen molar-refractivity contribution in [2.24, 2.45) is 0 Å². The van der Waals surface area contributed by atoms with Gasteiger partial charge in [-0.2, -0.15) is 0 Å². The van der Waals surface area contributed by atoms with Gasteiger partial charge in [-0.3, -0.25) is 0 Å². The summed E-state index contributed by atoms with van der Waals surface area (Å²) in [5.74, 6) is -0.231. The van der Waals surface area contributed by atoms with Crippen LogP contribution in [0.15, 0.2) is 18.2 Å². The van der Waals surface area contributed by atoms with Crippen molar-refractivity contribution in [3.05, 3.63) is 24.0 Å². The number of aromatic nitrogens is 2. The molecule has 0 spiro atoms. The van der Waals surface area contributed by atoms with Crippen LogP contribution in [0.4, 0.5) is 19.1 Å². The lowest BCUT2D eigenvalue weighted by Crippen LogP contribution is -2.32. The maximum atomic E-state index is 13.0. The number of halogens is 3. The molecule has 4 nitrogen and oxygen atoms in total. The molecule has 1 aromatic carbocycles. The minimum Gasteiger partial charge on any atom is -0.395 e. The van der Waals surface area contributed by atoms with E-state index < -0.39 is 18.8 Å². The first-order valence-electron chi connectivity index (χ1n) is 5.39. The number of benzene rings is 1. The molecule has 0 aliphatic heterocycles. The SMILES string of the molecule is OCCN(CC(F)F)c1nc2ccc(F)cc2[nH]1. The lowest BCUT2D eigenvalue weighted by atomic mass is 10.3. The normalized spacial score (nSPS) is 11.4. The van der Waals surface area contributed by atoms with Gasteiger partial charge in [-0.15, -0.1) is 0 Å². The zero-order valence-corrected chi connectivity index (χ0v) is 9.41. The van der Waals surface area contributed by atoms with Crippen LogP contribution in [-0.4, -0.2) is 41.2 Å². The molecule has 2 N–H and O–H groups in total. The Hall–Kier alpha value is -1.76. The highest BCUT2D eigenvalue weighted by atomic mass is 19.3. The van der Waals surface area contributed by atoms with E-state index in [1.165, 1.54) is 23.1 Å². The van der Waals surface area contributed by atoms with E-state index in [0.29, 0.717) is 11.0 Å². The summed E-state index contributed by atoms with van der Waals surface area (Å²) in [4.78, 5) is 8.07. The Labute approximate surface area is 101 Å². The second kappa shape index (κ2) is 5.26. The summed E-state index contributed by atoms with van der Waals surface area (Å²) >= 11 is 0. The fourth-order valence-corrected chi connectivity index (χ4v) is 1.69. The fraction of sp³-hybridized carbons (Fsp3) is 0.364. The molecule has 0 aliphatic rings. The molecule has 0 radical (unpaired) electrons. The zero-order valence-electron chi connectivity index (χ0n) is 9.41. The van der Waals surface area contributed by atoms with Crippen LogP contribution < -0.4 is 4.90 Å². The molecule has 0 amide bonds. The molecule has 0 unspecified atom stereocenters. The van der Waals surface area contributed by atoms with E-state index in [1.54, 1.807) is 0 Å². The Kier molecular flexibility index (Phi) is 3.71. The number of alkyl halides is 2. The van der Waals surface area contributed by atoms with Crippen LogP contribution in [-0.2, 0) is 0 Å². The van der Waals surface area contributed by atoms with Gasteiger partial charge in [0, 0.05) is 6.54 Å². The number of hydrogen-bond acceptors (Lipinski definition) is 3. The summed E-state index contributed by atoms with van der Waals surface area (Å²) in [6.45, 7) is -0.770. The molecular formula is C11H12F3N3O. The van der Waals surface area contributed by atoms with Crippen molar-refractivity contribution in [2.45, 2.75) is 6.43 Å². The Bertz CT molecular complexity index is 529.